The van der Waals surface area contributed by atoms with E-state index >= 15 is 0 Å². The van der Waals surface area contributed by atoms with Crippen LogP contribution in [0.25, 0.3) is 16.6 Å². The first kappa shape index (κ1) is 17.9. The minimum Gasteiger partial charge on any atom is -0.393 e. The zero-order chi connectivity index (χ0) is 19.0. The van der Waals surface area contributed by atoms with E-state index in [9.17, 15) is 14.3 Å². The van der Waals surface area contributed by atoms with Crippen LogP contribution in [0, 0.1) is 12.7 Å². The molecule has 4 nitrogen and oxygen atoms in total. The Morgan fingerprint density at radius 2 is 1.78 bits per heavy atom. The van der Waals surface area contributed by atoms with Gasteiger partial charge in [0.1, 0.15) is 5.82 Å². The van der Waals surface area contributed by atoms with Crippen molar-refractivity contribution >= 4 is 16.7 Å². The fourth-order valence-electron chi connectivity index (χ4n) is 4.00. The highest BCUT2D eigenvalue weighted by Gasteiger charge is 2.24. The molecule has 0 radical (unpaired) electrons. The van der Waals surface area contributed by atoms with Gasteiger partial charge in [-0.2, -0.15) is 0 Å². The van der Waals surface area contributed by atoms with Crippen LogP contribution >= 0.6 is 0 Å². The number of hydrogen-bond donors (Lipinski definition) is 1. The third kappa shape index (κ3) is 3.40. The molecule has 0 unspecified atom stereocenters. The SMILES string of the molecule is Cc1c(C(=O)CN2CCC(O)CC2)c2ccccc2n1-c1ccc(F)cc1. The summed E-state index contributed by atoms with van der Waals surface area (Å²) in [4.78, 5) is 15.3. The molecule has 1 N–H and O–H groups in total. The van der Waals surface area contributed by atoms with Crippen molar-refractivity contribution in [2.45, 2.75) is 25.9 Å². The second-order valence-electron chi connectivity index (χ2n) is 7.22. The zero-order valence-electron chi connectivity index (χ0n) is 15.4. The number of fused-ring (bicyclic) bond motifs is 1. The number of benzene rings is 2. The fourth-order valence-corrected chi connectivity index (χ4v) is 4.00. The number of hydrogen-bond acceptors (Lipinski definition) is 3. The quantitative estimate of drug-likeness (QED) is 0.716. The molecule has 0 amide bonds. The van der Waals surface area contributed by atoms with E-state index in [-0.39, 0.29) is 17.7 Å². The molecule has 140 valence electrons. The number of likely N-dealkylation sites (tertiary alicyclic amines) is 1. The molecule has 1 aliphatic heterocycles. The smallest absolute Gasteiger partial charge is 0.179 e. The Morgan fingerprint density at radius 3 is 2.48 bits per heavy atom. The summed E-state index contributed by atoms with van der Waals surface area (Å²) in [6.07, 6.45) is 1.17. The number of rotatable bonds is 4. The van der Waals surface area contributed by atoms with E-state index in [1.54, 1.807) is 12.1 Å². The highest BCUT2D eigenvalue weighted by atomic mass is 19.1. The summed E-state index contributed by atoms with van der Waals surface area (Å²) in [5.41, 5.74) is 3.37. The molecule has 5 heteroatoms. The molecule has 1 aliphatic rings. The van der Waals surface area contributed by atoms with Gasteiger partial charge in [0.15, 0.2) is 5.78 Å². The Labute approximate surface area is 157 Å². The molecule has 3 aromatic rings. The van der Waals surface area contributed by atoms with Crippen LogP contribution in [0.3, 0.4) is 0 Å². The normalized spacial score (nSPS) is 16.1. The number of ketones is 1. The van der Waals surface area contributed by atoms with Crippen LogP contribution in [0.4, 0.5) is 4.39 Å². The van der Waals surface area contributed by atoms with Gasteiger partial charge in [-0.15, -0.1) is 0 Å². The molecule has 4 rings (SSSR count). The lowest BCUT2D eigenvalue weighted by atomic mass is 10.0. The third-order valence-corrected chi connectivity index (χ3v) is 5.40. The number of aliphatic hydroxyl groups is 1. The summed E-state index contributed by atoms with van der Waals surface area (Å²) in [5, 5.41) is 10.6. The molecular formula is C22H23FN2O2. The lowest BCUT2D eigenvalue weighted by molar-refractivity contribution is 0.0711. The largest absolute Gasteiger partial charge is 0.393 e. The molecule has 1 aromatic heterocycles. The van der Waals surface area contributed by atoms with Crippen molar-refractivity contribution in [3.8, 4) is 5.69 Å². The first-order chi connectivity index (χ1) is 13.0. The fraction of sp³-hybridized carbons (Fsp3) is 0.318. The number of piperidine rings is 1. The standard InChI is InChI=1S/C22H23FN2O2/c1-15-22(21(27)14-24-12-10-18(26)11-13-24)19-4-2-3-5-20(19)25(15)17-8-6-16(23)7-9-17/h2-9,18,26H,10-14H2,1H3. The van der Waals surface area contributed by atoms with Gasteiger partial charge in [-0.05, 0) is 50.1 Å². The molecule has 1 fully saturated rings. The van der Waals surface area contributed by atoms with E-state index in [4.69, 9.17) is 0 Å². The second kappa shape index (κ2) is 7.25. The molecule has 1 saturated heterocycles. The van der Waals surface area contributed by atoms with Gasteiger partial charge < -0.3 is 9.67 Å². The summed E-state index contributed by atoms with van der Waals surface area (Å²) >= 11 is 0. The van der Waals surface area contributed by atoms with Crippen molar-refractivity contribution < 1.29 is 14.3 Å². The molecule has 0 aliphatic carbocycles. The van der Waals surface area contributed by atoms with Crippen molar-refractivity contribution in [1.82, 2.24) is 9.47 Å². The number of carbonyl (C=O) groups is 1. The number of aromatic nitrogens is 1. The van der Waals surface area contributed by atoms with Crippen LogP contribution in [-0.2, 0) is 0 Å². The highest BCUT2D eigenvalue weighted by molar-refractivity contribution is 6.10. The average molecular weight is 366 g/mol. The van der Waals surface area contributed by atoms with Crippen LogP contribution < -0.4 is 0 Å². The Hall–Kier alpha value is -2.50. The van der Waals surface area contributed by atoms with Gasteiger partial charge in [-0.25, -0.2) is 4.39 Å². The van der Waals surface area contributed by atoms with Gasteiger partial charge in [0, 0.05) is 35.4 Å². The summed E-state index contributed by atoms with van der Waals surface area (Å²) in [6, 6.07) is 14.2. The van der Waals surface area contributed by atoms with Gasteiger partial charge >= 0.3 is 0 Å². The van der Waals surface area contributed by atoms with Gasteiger partial charge in [0.05, 0.1) is 18.2 Å². The average Bonchev–Trinajstić information content (AvgIpc) is 2.96. The maximum Gasteiger partial charge on any atom is 0.179 e. The van der Waals surface area contributed by atoms with Crippen LogP contribution in [-0.4, -0.2) is 46.1 Å². The maximum atomic E-state index is 13.4. The number of para-hydroxylation sites is 1. The predicted molar refractivity (Wildman–Crippen MR) is 104 cm³/mol. The number of halogens is 1. The first-order valence-corrected chi connectivity index (χ1v) is 9.34. The van der Waals surface area contributed by atoms with Crippen molar-refractivity contribution in [3.63, 3.8) is 0 Å². The van der Waals surface area contributed by atoms with Crippen LogP contribution in [0.1, 0.15) is 28.9 Å². The first-order valence-electron chi connectivity index (χ1n) is 9.34. The van der Waals surface area contributed by atoms with E-state index < -0.39 is 0 Å². The number of aliphatic hydroxyl groups excluding tert-OH is 1. The Kier molecular flexibility index (Phi) is 4.81. The maximum absolute atomic E-state index is 13.4. The molecule has 27 heavy (non-hydrogen) atoms. The third-order valence-electron chi connectivity index (χ3n) is 5.40. The van der Waals surface area contributed by atoms with E-state index in [0.29, 0.717) is 19.4 Å². The van der Waals surface area contributed by atoms with Crippen LogP contribution in [0.5, 0.6) is 0 Å². The Balaban J connectivity index is 1.74. The van der Waals surface area contributed by atoms with Gasteiger partial charge in [0.25, 0.3) is 0 Å². The van der Waals surface area contributed by atoms with E-state index in [1.807, 2.05) is 35.8 Å². The van der Waals surface area contributed by atoms with Gasteiger partial charge in [-0.3, -0.25) is 9.69 Å². The van der Waals surface area contributed by atoms with E-state index in [2.05, 4.69) is 4.90 Å². The Morgan fingerprint density at radius 1 is 1.11 bits per heavy atom. The zero-order valence-corrected chi connectivity index (χ0v) is 15.4. The molecule has 0 bridgehead atoms. The molecule has 2 aromatic carbocycles. The van der Waals surface area contributed by atoms with Gasteiger partial charge in [-0.1, -0.05) is 18.2 Å². The van der Waals surface area contributed by atoms with Crippen LogP contribution in [0.15, 0.2) is 48.5 Å². The van der Waals surface area contributed by atoms with E-state index in [1.165, 1.54) is 12.1 Å². The summed E-state index contributed by atoms with van der Waals surface area (Å²) in [5.74, 6) is -0.197. The van der Waals surface area contributed by atoms with Crippen molar-refractivity contribution in [3.05, 3.63) is 65.6 Å². The number of nitrogens with zero attached hydrogens (tertiary/aromatic N) is 2. The lowest BCUT2D eigenvalue weighted by Gasteiger charge is -2.28. The Bertz CT molecular complexity index is 970. The predicted octanol–water partition coefficient (Wildman–Crippen LogP) is 3.72. The topological polar surface area (TPSA) is 45.5 Å². The van der Waals surface area contributed by atoms with E-state index in [0.717, 1.165) is 40.9 Å². The summed E-state index contributed by atoms with van der Waals surface area (Å²) in [7, 11) is 0. The number of carbonyl (C=O) groups excluding carboxylic acids is 1. The summed E-state index contributed by atoms with van der Waals surface area (Å²) < 4.78 is 15.4. The van der Waals surface area contributed by atoms with Crippen molar-refractivity contribution in [1.29, 1.82) is 0 Å². The van der Waals surface area contributed by atoms with Crippen LogP contribution in [0.2, 0.25) is 0 Å². The molecule has 0 atom stereocenters. The minimum absolute atomic E-state index is 0.0842. The molecular weight excluding hydrogens is 343 g/mol. The molecule has 0 spiro atoms. The highest BCUT2D eigenvalue weighted by Crippen LogP contribution is 2.30. The molecule has 0 saturated carbocycles. The minimum atomic E-state index is -0.281. The second-order valence-corrected chi connectivity index (χ2v) is 7.22. The van der Waals surface area contributed by atoms with Gasteiger partial charge in [0.2, 0.25) is 0 Å². The summed E-state index contributed by atoms with van der Waals surface area (Å²) in [6.45, 7) is 3.77. The lowest BCUT2D eigenvalue weighted by Crippen LogP contribution is -2.39. The molecule has 2 heterocycles. The van der Waals surface area contributed by atoms with Crippen molar-refractivity contribution in [2.75, 3.05) is 19.6 Å². The monoisotopic (exact) mass is 366 g/mol. The number of Topliss-reactive ketones (excluding diaryl/α,β-unsaturated/α-hetero) is 1. The van der Waals surface area contributed by atoms with Crippen molar-refractivity contribution in [2.24, 2.45) is 0 Å².